The summed E-state index contributed by atoms with van der Waals surface area (Å²) in [7, 11) is 0. The molecule has 1 saturated heterocycles. The first kappa shape index (κ1) is 10.2. The molecule has 0 spiro atoms. The fraction of sp³-hybridized carbons (Fsp3) is 0. The minimum atomic E-state index is -0.168. The Hall–Kier alpha value is -1.33. The van der Waals surface area contributed by atoms with E-state index in [9.17, 15) is 4.79 Å². The molecule has 0 unspecified atom stereocenters. The molecule has 1 aromatic carbocycles. The Morgan fingerprint density at radius 3 is 2.53 bits per heavy atom. The van der Waals surface area contributed by atoms with E-state index in [4.69, 9.17) is 17.3 Å². The molecule has 2 rings (SSSR count). The number of hydrogen-bond acceptors (Lipinski definition) is 4. The van der Waals surface area contributed by atoms with E-state index in [-0.39, 0.29) is 11.7 Å². The second kappa shape index (κ2) is 4.04. The van der Waals surface area contributed by atoms with Gasteiger partial charge in [-0.2, -0.15) is 0 Å². The van der Waals surface area contributed by atoms with Crippen LogP contribution in [0.3, 0.4) is 0 Å². The van der Waals surface area contributed by atoms with Gasteiger partial charge in [0.25, 0.3) is 5.91 Å². The first-order valence-electron chi connectivity index (χ1n) is 4.19. The Kier molecular flexibility index (Phi) is 2.75. The van der Waals surface area contributed by atoms with Gasteiger partial charge in [-0.15, -0.1) is 0 Å². The molecule has 1 amide bonds. The van der Waals surface area contributed by atoms with Gasteiger partial charge in [-0.25, -0.2) is 0 Å². The summed E-state index contributed by atoms with van der Waals surface area (Å²) in [6, 6.07) is 6.61. The van der Waals surface area contributed by atoms with Crippen LogP contribution in [0.1, 0.15) is 5.56 Å². The molecule has 1 aliphatic rings. The molecule has 1 fully saturated rings. The Morgan fingerprint density at radius 2 is 2.00 bits per heavy atom. The summed E-state index contributed by atoms with van der Waals surface area (Å²) in [6.07, 6.45) is 1.73. The summed E-state index contributed by atoms with van der Waals surface area (Å²) in [5, 5.41) is 11.6. The highest BCUT2D eigenvalue weighted by molar-refractivity contribution is 8.26. The molecule has 3 nitrogen and oxygen atoms in total. The Balaban J connectivity index is 2.27. The van der Waals surface area contributed by atoms with Crippen LogP contribution in [0.25, 0.3) is 6.08 Å². The van der Waals surface area contributed by atoms with Gasteiger partial charge < -0.3 is 10.4 Å². The number of phenols is 1. The minimum absolute atomic E-state index is 0.168. The average molecular weight is 237 g/mol. The van der Waals surface area contributed by atoms with Gasteiger partial charge in [0.1, 0.15) is 10.1 Å². The van der Waals surface area contributed by atoms with Crippen molar-refractivity contribution < 1.29 is 9.90 Å². The van der Waals surface area contributed by atoms with E-state index in [0.717, 1.165) is 5.56 Å². The van der Waals surface area contributed by atoms with Crippen molar-refractivity contribution in [2.24, 2.45) is 0 Å². The second-order valence-corrected chi connectivity index (χ2v) is 4.66. The van der Waals surface area contributed by atoms with Crippen molar-refractivity contribution in [3.8, 4) is 5.75 Å². The SMILES string of the molecule is O=C1NC(=S)S/C1=C/c1ccc(O)cc1. The van der Waals surface area contributed by atoms with E-state index in [1.807, 2.05) is 0 Å². The van der Waals surface area contributed by atoms with Crippen molar-refractivity contribution in [3.63, 3.8) is 0 Å². The van der Waals surface area contributed by atoms with E-state index < -0.39 is 0 Å². The first-order valence-corrected chi connectivity index (χ1v) is 5.41. The molecular formula is C10H7NO2S2. The summed E-state index contributed by atoms with van der Waals surface area (Å²) in [5.41, 5.74) is 0.857. The number of amides is 1. The van der Waals surface area contributed by atoms with Crippen molar-refractivity contribution in [2.45, 2.75) is 0 Å². The molecule has 76 valence electrons. The first-order chi connectivity index (χ1) is 7.15. The van der Waals surface area contributed by atoms with Gasteiger partial charge >= 0.3 is 0 Å². The summed E-state index contributed by atoms with van der Waals surface area (Å²) in [4.78, 5) is 11.9. The number of aromatic hydroxyl groups is 1. The Bertz CT molecular complexity index is 451. The monoisotopic (exact) mass is 237 g/mol. The molecule has 0 saturated carbocycles. The largest absolute Gasteiger partial charge is 0.508 e. The lowest BCUT2D eigenvalue weighted by molar-refractivity contribution is -0.115. The maximum Gasteiger partial charge on any atom is 0.263 e. The summed E-state index contributed by atoms with van der Waals surface area (Å²) >= 11 is 6.10. The topological polar surface area (TPSA) is 49.3 Å². The zero-order chi connectivity index (χ0) is 10.8. The summed E-state index contributed by atoms with van der Waals surface area (Å²) in [6.45, 7) is 0. The minimum Gasteiger partial charge on any atom is -0.508 e. The van der Waals surface area contributed by atoms with E-state index in [0.29, 0.717) is 9.23 Å². The quantitative estimate of drug-likeness (QED) is 0.578. The number of benzene rings is 1. The van der Waals surface area contributed by atoms with E-state index in [1.165, 1.54) is 11.8 Å². The summed E-state index contributed by atoms with van der Waals surface area (Å²) < 4.78 is 0.477. The van der Waals surface area contributed by atoms with Crippen LogP contribution < -0.4 is 5.32 Å². The lowest BCUT2D eigenvalue weighted by Gasteiger charge is -1.95. The van der Waals surface area contributed by atoms with Crippen molar-refractivity contribution in [1.29, 1.82) is 0 Å². The smallest absolute Gasteiger partial charge is 0.263 e. The number of thioether (sulfide) groups is 1. The average Bonchev–Trinajstić information content (AvgIpc) is 2.49. The number of hydrogen-bond donors (Lipinski definition) is 2. The maximum absolute atomic E-state index is 11.3. The Labute approximate surface area is 96.2 Å². The van der Waals surface area contributed by atoms with Crippen LogP contribution in [-0.4, -0.2) is 15.3 Å². The molecule has 1 aromatic rings. The lowest BCUT2D eigenvalue weighted by Crippen LogP contribution is -2.17. The van der Waals surface area contributed by atoms with Crippen LogP contribution >= 0.6 is 24.0 Å². The van der Waals surface area contributed by atoms with Gasteiger partial charge in [-0.05, 0) is 23.8 Å². The van der Waals surface area contributed by atoms with Crippen molar-refractivity contribution >= 4 is 40.3 Å². The molecule has 2 N–H and O–H groups in total. The van der Waals surface area contributed by atoms with Crippen molar-refractivity contribution in [3.05, 3.63) is 34.7 Å². The molecule has 15 heavy (non-hydrogen) atoms. The van der Waals surface area contributed by atoms with Crippen LogP contribution in [0.2, 0.25) is 0 Å². The highest BCUT2D eigenvalue weighted by Crippen LogP contribution is 2.26. The molecular weight excluding hydrogens is 230 g/mol. The van der Waals surface area contributed by atoms with E-state index >= 15 is 0 Å². The lowest BCUT2D eigenvalue weighted by atomic mass is 10.2. The molecule has 0 atom stereocenters. The van der Waals surface area contributed by atoms with Crippen LogP contribution in [0.4, 0.5) is 0 Å². The maximum atomic E-state index is 11.3. The van der Waals surface area contributed by atoms with Crippen molar-refractivity contribution in [2.75, 3.05) is 0 Å². The normalized spacial score (nSPS) is 18.3. The molecule has 0 aromatic heterocycles. The zero-order valence-electron chi connectivity index (χ0n) is 7.56. The number of carbonyl (C=O) groups excluding carboxylic acids is 1. The van der Waals surface area contributed by atoms with Gasteiger partial charge in [-0.1, -0.05) is 36.1 Å². The molecule has 0 radical (unpaired) electrons. The number of carbonyl (C=O) groups is 1. The molecule has 0 bridgehead atoms. The number of thiocarbonyl (C=S) groups is 1. The highest BCUT2D eigenvalue weighted by Gasteiger charge is 2.21. The van der Waals surface area contributed by atoms with E-state index in [2.05, 4.69) is 5.32 Å². The third-order valence-corrected chi connectivity index (χ3v) is 3.00. The number of phenolic OH excluding ortho intramolecular Hbond substituents is 1. The molecule has 1 aliphatic heterocycles. The fourth-order valence-corrected chi connectivity index (χ4v) is 2.19. The molecule has 0 aliphatic carbocycles. The second-order valence-electron chi connectivity index (χ2n) is 2.94. The fourth-order valence-electron chi connectivity index (χ4n) is 1.14. The third-order valence-electron chi connectivity index (χ3n) is 1.83. The molecule has 5 heteroatoms. The number of nitrogens with one attached hydrogen (secondary N) is 1. The Morgan fingerprint density at radius 1 is 1.33 bits per heavy atom. The number of rotatable bonds is 1. The van der Waals surface area contributed by atoms with E-state index in [1.54, 1.807) is 30.3 Å². The van der Waals surface area contributed by atoms with Gasteiger partial charge in [-0.3, -0.25) is 4.79 Å². The molecule has 1 heterocycles. The van der Waals surface area contributed by atoms with Crippen LogP contribution in [0.5, 0.6) is 5.75 Å². The summed E-state index contributed by atoms with van der Waals surface area (Å²) in [5.74, 6) is 0.0364. The predicted molar refractivity (Wildman–Crippen MR) is 64.4 cm³/mol. The van der Waals surface area contributed by atoms with Crippen LogP contribution in [0, 0.1) is 0 Å². The van der Waals surface area contributed by atoms with Gasteiger partial charge in [0.05, 0.1) is 4.91 Å². The van der Waals surface area contributed by atoms with Crippen molar-refractivity contribution in [1.82, 2.24) is 5.32 Å². The van der Waals surface area contributed by atoms with Gasteiger partial charge in [0, 0.05) is 0 Å². The van der Waals surface area contributed by atoms with Crippen LogP contribution in [-0.2, 0) is 4.79 Å². The highest BCUT2D eigenvalue weighted by atomic mass is 32.2. The van der Waals surface area contributed by atoms with Gasteiger partial charge in [0.15, 0.2) is 0 Å². The third kappa shape index (κ3) is 2.37. The standard InChI is InChI=1S/C10H7NO2S2/c12-7-3-1-6(2-4-7)5-8-9(13)11-10(14)15-8/h1-5,12H,(H,11,13,14)/b8-5+. The van der Waals surface area contributed by atoms with Crippen LogP contribution in [0.15, 0.2) is 29.2 Å². The zero-order valence-corrected chi connectivity index (χ0v) is 9.19. The predicted octanol–water partition coefficient (Wildman–Crippen LogP) is 1.88. The van der Waals surface area contributed by atoms with Gasteiger partial charge in [0.2, 0.25) is 0 Å².